The van der Waals surface area contributed by atoms with Gasteiger partial charge in [-0.3, -0.25) is 0 Å². The zero-order valence-electron chi connectivity index (χ0n) is 22.8. The number of hydrogen-bond donors (Lipinski definition) is 4. The number of carboxylic acids is 1. The van der Waals surface area contributed by atoms with Crippen molar-refractivity contribution in [1.82, 2.24) is 34.8 Å². The molecular formula is C27H25F6N9O2. The molecule has 3 aromatic heterocycles. The first-order chi connectivity index (χ1) is 21.0. The van der Waals surface area contributed by atoms with Gasteiger partial charge in [-0.25, -0.2) is 27.9 Å². The first-order valence-corrected chi connectivity index (χ1v) is 13.3. The number of H-pyrrole nitrogens is 1. The molecule has 1 aliphatic heterocycles. The zero-order valence-corrected chi connectivity index (χ0v) is 22.8. The molecule has 1 fully saturated rings. The lowest BCUT2D eigenvalue weighted by atomic mass is 10.1. The van der Waals surface area contributed by atoms with Crippen LogP contribution in [0.5, 0.6) is 0 Å². The van der Waals surface area contributed by atoms with Gasteiger partial charge in [0.15, 0.2) is 28.6 Å². The predicted octanol–water partition coefficient (Wildman–Crippen LogP) is 4.02. The lowest BCUT2D eigenvalue weighted by Crippen LogP contribution is -2.44. The Morgan fingerprint density at radius 2 is 1.77 bits per heavy atom. The number of carboxylic acid groups (broad SMARTS) is 1. The van der Waals surface area contributed by atoms with E-state index < -0.39 is 23.8 Å². The van der Waals surface area contributed by atoms with Gasteiger partial charge in [0, 0.05) is 32.7 Å². The molecule has 0 unspecified atom stereocenters. The topological polar surface area (TPSA) is 137 Å². The van der Waals surface area contributed by atoms with E-state index in [9.17, 15) is 26.3 Å². The number of alkyl halides is 3. The molecule has 6 rings (SSSR count). The van der Waals surface area contributed by atoms with Gasteiger partial charge < -0.3 is 30.2 Å². The summed E-state index contributed by atoms with van der Waals surface area (Å²) in [5, 5.41) is 13.7. The number of carbonyl (C=O) groups is 1. The van der Waals surface area contributed by atoms with E-state index in [0.29, 0.717) is 47.2 Å². The first kappa shape index (κ1) is 30.5. The second kappa shape index (κ2) is 12.7. The number of piperazine rings is 1. The van der Waals surface area contributed by atoms with Gasteiger partial charge in [-0.1, -0.05) is 12.1 Å². The molecule has 0 atom stereocenters. The van der Waals surface area contributed by atoms with Gasteiger partial charge in [-0.2, -0.15) is 23.1 Å². The van der Waals surface area contributed by atoms with Crippen LogP contribution in [0.4, 0.5) is 38.1 Å². The summed E-state index contributed by atoms with van der Waals surface area (Å²) >= 11 is 0. The monoisotopic (exact) mass is 621 g/mol. The largest absolute Gasteiger partial charge is 0.490 e. The van der Waals surface area contributed by atoms with E-state index >= 15 is 0 Å². The van der Waals surface area contributed by atoms with Crippen molar-refractivity contribution in [3.63, 3.8) is 0 Å². The van der Waals surface area contributed by atoms with Crippen LogP contribution in [0.15, 0.2) is 42.7 Å². The average Bonchev–Trinajstić information content (AvgIpc) is 3.61. The number of imidazole rings is 2. The first-order valence-electron chi connectivity index (χ1n) is 13.3. The summed E-state index contributed by atoms with van der Waals surface area (Å²) in [5.74, 6) is -3.44. The normalized spacial score (nSPS) is 13.6. The Balaban J connectivity index is 0.000000493. The average molecular weight is 622 g/mol. The van der Waals surface area contributed by atoms with E-state index in [-0.39, 0.29) is 17.9 Å². The number of hydrogen-bond acceptors (Lipinski definition) is 8. The van der Waals surface area contributed by atoms with Crippen molar-refractivity contribution in [2.75, 3.05) is 36.4 Å². The fourth-order valence-electron chi connectivity index (χ4n) is 4.49. The van der Waals surface area contributed by atoms with E-state index in [1.807, 2.05) is 10.6 Å². The second-order valence-electron chi connectivity index (χ2n) is 9.70. The maximum atomic E-state index is 14.1. The minimum Gasteiger partial charge on any atom is -0.475 e. The molecule has 0 radical (unpaired) electrons. The Bertz CT molecular complexity index is 1780. The highest BCUT2D eigenvalue weighted by atomic mass is 19.4. The third-order valence-electron chi connectivity index (χ3n) is 6.64. The number of fused-ring (bicyclic) bond motifs is 2. The van der Waals surface area contributed by atoms with E-state index in [1.165, 1.54) is 18.2 Å². The lowest BCUT2D eigenvalue weighted by molar-refractivity contribution is -0.192. The molecule has 4 N–H and O–H groups in total. The number of nitrogens with zero attached hydrogens (tertiary/aromatic N) is 6. The van der Waals surface area contributed by atoms with E-state index in [1.54, 1.807) is 12.4 Å². The van der Waals surface area contributed by atoms with Crippen LogP contribution in [0.1, 0.15) is 11.4 Å². The minimum absolute atomic E-state index is 0.0484. The van der Waals surface area contributed by atoms with E-state index in [4.69, 9.17) is 19.9 Å². The molecule has 1 saturated heterocycles. The molecule has 0 aliphatic carbocycles. The molecule has 1 aliphatic rings. The Hall–Kier alpha value is -4.93. The Kier molecular flexibility index (Phi) is 8.84. The fourth-order valence-corrected chi connectivity index (χ4v) is 4.49. The standard InChI is InChI=1S/C25H24F3N9.C2HF3O2/c26-16-3-1-2-15(12-16)6-9-37-14-31-22-23(34-25(35-24(22)37)36-10-7-29-8-11-36)30-13-19-32-18-5-4-17(27)20(28)21(18)33-19;3-2(4,5)1(6)7/h1-5,12,14,29H,6-11,13H2,(H,32,33)(H,30,34,35);(H,6,7). The van der Waals surface area contributed by atoms with Crippen molar-refractivity contribution in [3.05, 3.63) is 71.6 Å². The van der Waals surface area contributed by atoms with Crippen molar-refractivity contribution in [2.24, 2.45) is 0 Å². The molecule has 5 aromatic rings. The molecule has 0 spiro atoms. The van der Waals surface area contributed by atoms with Crippen molar-refractivity contribution in [2.45, 2.75) is 25.7 Å². The Morgan fingerprint density at radius 3 is 2.48 bits per heavy atom. The third-order valence-corrected chi connectivity index (χ3v) is 6.64. The van der Waals surface area contributed by atoms with Crippen LogP contribution in [0.25, 0.3) is 22.2 Å². The number of aromatic amines is 1. The van der Waals surface area contributed by atoms with Crippen LogP contribution < -0.4 is 15.5 Å². The number of aliphatic carboxylic acids is 1. The summed E-state index contributed by atoms with van der Waals surface area (Å²) in [5.41, 5.74) is 2.47. The lowest BCUT2D eigenvalue weighted by Gasteiger charge is -2.27. The molecule has 44 heavy (non-hydrogen) atoms. The number of aromatic nitrogens is 6. The van der Waals surface area contributed by atoms with Gasteiger partial charge in [0.25, 0.3) is 0 Å². The fraction of sp³-hybridized carbons (Fsp3) is 0.296. The van der Waals surface area contributed by atoms with Gasteiger partial charge in [0.1, 0.15) is 17.2 Å². The van der Waals surface area contributed by atoms with Crippen molar-refractivity contribution in [3.8, 4) is 0 Å². The maximum Gasteiger partial charge on any atom is 0.490 e. The highest BCUT2D eigenvalue weighted by molar-refractivity contribution is 5.84. The molecule has 2 aromatic carbocycles. The van der Waals surface area contributed by atoms with Crippen LogP contribution in [0.3, 0.4) is 0 Å². The number of aryl methyl sites for hydroxylation is 2. The third kappa shape index (κ3) is 6.99. The van der Waals surface area contributed by atoms with Crippen LogP contribution in [0.2, 0.25) is 0 Å². The van der Waals surface area contributed by atoms with Gasteiger partial charge in [0.05, 0.1) is 18.4 Å². The van der Waals surface area contributed by atoms with Crippen LogP contribution in [0, 0.1) is 17.5 Å². The molecular weight excluding hydrogens is 596 g/mol. The van der Waals surface area contributed by atoms with Gasteiger partial charge in [-0.05, 0) is 36.2 Å². The second-order valence-corrected chi connectivity index (χ2v) is 9.70. The van der Waals surface area contributed by atoms with Gasteiger partial charge >= 0.3 is 12.1 Å². The summed E-state index contributed by atoms with van der Waals surface area (Å²) in [4.78, 5) is 32.3. The molecule has 11 nitrogen and oxygen atoms in total. The van der Waals surface area contributed by atoms with Crippen molar-refractivity contribution >= 4 is 39.9 Å². The summed E-state index contributed by atoms with van der Waals surface area (Å²) in [7, 11) is 0. The summed E-state index contributed by atoms with van der Waals surface area (Å²) < 4.78 is 75.0. The zero-order chi connectivity index (χ0) is 31.4. The van der Waals surface area contributed by atoms with Gasteiger partial charge in [-0.15, -0.1) is 0 Å². The predicted molar refractivity (Wildman–Crippen MR) is 148 cm³/mol. The van der Waals surface area contributed by atoms with Crippen molar-refractivity contribution < 1.29 is 36.2 Å². The number of halogens is 6. The minimum atomic E-state index is -5.08. The summed E-state index contributed by atoms with van der Waals surface area (Å²) in [6, 6.07) is 9.05. The molecule has 0 saturated carbocycles. The van der Waals surface area contributed by atoms with Crippen molar-refractivity contribution in [1.29, 1.82) is 0 Å². The van der Waals surface area contributed by atoms with E-state index in [2.05, 4.69) is 30.5 Å². The number of rotatable bonds is 7. The molecule has 4 heterocycles. The molecule has 232 valence electrons. The molecule has 0 amide bonds. The summed E-state index contributed by atoms with van der Waals surface area (Å²) in [6.07, 6.45) is -2.77. The molecule has 17 heteroatoms. The van der Waals surface area contributed by atoms with Crippen LogP contribution >= 0.6 is 0 Å². The number of nitrogens with one attached hydrogen (secondary N) is 3. The van der Waals surface area contributed by atoms with Crippen LogP contribution in [-0.2, 0) is 24.3 Å². The van der Waals surface area contributed by atoms with Crippen LogP contribution in [-0.4, -0.2) is 72.9 Å². The maximum absolute atomic E-state index is 14.1. The van der Waals surface area contributed by atoms with Gasteiger partial charge in [0.2, 0.25) is 5.95 Å². The SMILES string of the molecule is Fc1cccc(CCn2cnc3c(NCc4nc5c(F)c(F)ccc5[nH]4)nc(N4CCNCC4)nc32)c1.O=C(O)C(F)(F)F. The smallest absolute Gasteiger partial charge is 0.475 e. The number of anilines is 2. The molecule has 0 bridgehead atoms. The highest BCUT2D eigenvalue weighted by Gasteiger charge is 2.38. The number of benzene rings is 2. The Morgan fingerprint density at radius 1 is 1.02 bits per heavy atom. The quantitative estimate of drug-likeness (QED) is 0.199. The van der Waals surface area contributed by atoms with E-state index in [0.717, 1.165) is 37.8 Å². The summed E-state index contributed by atoms with van der Waals surface area (Å²) in [6.45, 7) is 3.92. The Labute approximate surface area is 245 Å². The highest BCUT2D eigenvalue weighted by Crippen LogP contribution is 2.25.